The van der Waals surface area contributed by atoms with Crippen LogP contribution >= 0.6 is 0 Å². The highest BCUT2D eigenvalue weighted by Crippen LogP contribution is 2.35. The Morgan fingerprint density at radius 3 is 2.56 bits per heavy atom. The number of rotatable bonds is 6. The Morgan fingerprint density at radius 1 is 1.22 bits per heavy atom. The molecule has 0 amide bonds. The Kier molecular flexibility index (Phi) is 3.40. The van der Waals surface area contributed by atoms with Crippen LogP contribution in [0.1, 0.15) is 42.9 Å². The predicted molar refractivity (Wildman–Crippen MR) is 73.5 cm³/mol. The van der Waals surface area contributed by atoms with E-state index in [4.69, 9.17) is 0 Å². The number of aryl methyl sites for hydroxylation is 1. The monoisotopic (exact) mass is 245 g/mol. The van der Waals surface area contributed by atoms with Crippen molar-refractivity contribution in [2.24, 2.45) is 5.92 Å². The smallest absolute Gasteiger partial charge is 0.0919 e. The summed E-state index contributed by atoms with van der Waals surface area (Å²) in [4.78, 5) is 2.52. The van der Waals surface area contributed by atoms with Gasteiger partial charge in [-0.05, 0) is 49.7 Å². The highest BCUT2D eigenvalue weighted by atomic mass is 16.3. The average molecular weight is 245 g/mol. The van der Waals surface area contributed by atoms with Crippen molar-refractivity contribution >= 4 is 0 Å². The Hall–Kier alpha value is -0.860. The Bertz CT molecular complexity index is 409. The van der Waals surface area contributed by atoms with E-state index >= 15 is 0 Å². The second-order valence-corrected chi connectivity index (χ2v) is 6.00. The Balaban J connectivity index is 1.64. The third-order valence-electron chi connectivity index (χ3n) is 4.21. The number of nitrogens with zero attached hydrogens (tertiary/aromatic N) is 1. The molecule has 0 spiro atoms. The maximum absolute atomic E-state index is 10.4. The SMILES string of the molecule is Cc1ccccc1C(O)CN(CC1CC1)C1CC1. The van der Waals surface area contributed by atoms with E-state index in [1.165, 1.54) is 37.8 Å². The molecule has 1 aromatic rings. The lowest BCUT2D eigenvalue weighted by Gasteiger charge is -2.25. The maximum atomic E-state index is 10.4. The second kappa shape index (κ2) is 5.02. The van der Waals surface area contributed by atoms with Crippen LogP contribution in [0.25, 0.3) is 0 Å². The van der Waals surface area contributed by atoms with Gasteiger partial charge in [0.2, 0.25) is 0 Å². The van der Waals surface area contributed by atoms with Crippen LogP contribution in [0.3, 0.4) is 0 Å². The van der Waals surface area contributed by atoms with Crippen molar-refractivity contribution in [3.05, 3.63) is 35.4 Å². The zero-order valence-electron chi connectivity index (χ0n) is 11.2. The number of benzene rings is 1. The van der Waals surface area contributed by atoms with Gasteiger partial charge in [0.1, 0.15) is 0 Å². The van der Waals surface area contributed by atoms with E-state index in [2.05, 4.69) is 24.0 Å². The molecule has 1 unspecified atom stereocenters. The summed E-state index contributed by atoms with van der Waals surface area (Å²) in [5.74, 6) is 0.912. The van der Waals surface area contributed by atoms with Gasteiger partial charge in [0.25, 0.3) is 0 Å². The van der Waals surface area contributed by atoms with Gasteiger partial charge in [-0.2, -0.15) is 0 Å². The zero-order valence-corrected chi connectivity index (χ0v) is 11.2. The minimum atomic E-state index is -0.328. The van der Waals surface area contributed by atoms with Gasteiger partial charge in [0.05, 0.1) is 6.10 Å². The first kappa shape index (κ1) is 12.2. The Morgan fingerprint density at radius 2 is 1.94 bits per heavy atom. The fourth-order valence-electron chi connectivity index (χ4n) is 2.73. The Labute approximate surface area is 110 Å². The van der Waals surface area contributed by atoms with Crippen LogP contribution in [0, 0.1) is 12.8 Å². The summed E-state index contributed by atoms with van der Waals surface area (Å²) in [5.41, 5.74) is 2.30. The van der Waals surface area contributed by atoms with E-state index in [1.807, 2.05) is 12.1 Å². The molecular weight excluding hydrogens is 222 g/mol. The van der Waals surface area contributed by atoms with E-state index < -0.39 is 0 Å². The van der Waals surface area contributed by atoms with E-state index in [0.717, 1.165) is 24.1 Å². The van der Waals surface area contributed by atoms with Gasteiger partial charge >= 0.3 is 0 Å². The second-order valence-electron chi connectivity index (χ2n) is 6.00. The summed E-state index contributed by atoms with van der Waals surface area (Å²) < 4.78 is 0. The quantitative estimate of drug-likeness (QED) is 0.833. The highest BCUT2D eigenvalue weighted by Gasteiger charge is 2.34. The van der Waals surface area contributed by atoms with E-state index in [-0.39, 0.29) is 6.10 Å². The topological polar surface area (TPSA) is 23.5 Å². The highest BCUT2D eigenvalue weighted by molar-refractivity contribution is 5.27. The minimum Gasteiger partial charge on any atom is -0.387 e. The van der Waals surface area contributed by atoms with Crippen molar-refractivity contribution in [2.75, 3.05) is 13.1 Å². The van der Waals surface area contributed by atoms with Gasteiger partial charge in [-0.1, -0.05) is 24.3 Å². The fraction of sp³-hybridized carbons (Fsp3) is 0.625. The molecule has 98 valence electrons. The van der Waals surface area contributed by atoms with Gasteiger partial charge in [-0.15, -0.1) is 0 Å². The van der Waals surface area contributed by atoms with Gasteiger partial charge in [-0.25, -0.2) is 0 Å². The first-order valence-corrected chi connectivity index (χ1v) is 7.21. The first-order valence-electron chi connectivity index (χ1n) is 7.21. The van der Waals surface area contributed by atoms with Crippen LogP contribution in [0.2, 0.25) is 0 Å². The van der Waals surface area contributed by atoms with E-state index in [1.54, 1.807) is 0 Å². The van der Waals surface area contributed by atoms with E-state index in [9.17, 15) is 5.11 Å². The lowest BCUT2D eigenvalue weighted by molar-refractivity contribution is 0.105. The molecule has 2 aliphatic rings. The zero-order chi connectivity index (χ0) is 12.5. The van der Waals surface area contributed by atoms with Gasteiger partial charge in [-0.3, -0.25) is 4.90 Å². The molecule has 0 aliphatic heterocycles. The number of hydrogen-bond donors (Lipinski definition) is 1. The van der Waals surface area contributed by atoms with E-state index in [0.29, 0.717) is 0 Å². The molecule has 0 saturated heterocycles. The minimum absolute atomic E-state index is 0.328. The van der Waals surface area contributed by atoms with Crippen molar-refractivity contribution in [1.82, 2.24) is 4.90 Å². The van der Waals surface area contributed by atoms with Crippen molar-refractivity contribution < 1.29 is 5.11 Å². The van der Waals surface area contributed by atoms with Crippen molar-refractivity contribution in [3.63, 3.8) is 0 Å². The molecule has 18 heavy (non-hydrogen) atoms. The van der Waals surface area contributed by atoms with Crippen LogP contribution in [0.15, 0.2) is 24.3 Å². The summed E-state index contributed by atoms with van der Waals surface area (Å²) in [6.45, 7) is 4.10. The van der Waals surface area contributed by atoms with Gasteiger partial charge in [0.15, 0.2) is 0 Å². The molecule has 0 heterocycles. The largest absolute Gasteiger partial charge is 0.387 e. The van der Waals surface area contributed by atoms with Crippen LogP contribution in [-0.2, 0) is 0 Å². The third-order valence-corrected chi connectivity index (χ3v) is 4.21. The number of hydrogen-bond acceptors (Lipinski definition) is 2. The van der Waals surface area contributed by atoms with Crippen LogP contribution in [0.4, 0.5) is 0 Å². The van der Waals surface area contributed by atoms with Crippen LogP contribution in [0.5, 0.6) is 0 Å². The molecule has 0 aromatic heterocycles. The number of aliphatic hydroxyl groups is 1. The fourth-order valence-corrected chi connectivity index (χ4v) is 2.73. The van der Waals surface area contributed by atoms with Crippen molar-refractivity contribution in [1.29, 1.82) is 0 Å². The molecule has 0 bridgehead atoms. The summed E-state index contributed by atoms with van der Waals surface area (Å²) in [6, 6.07) is 8.95. The van der Waals surface area contributed by atoms with Gasteiger partial charge < -0.3 is 5.11 Å². The summed E-state index contributed by atoms with van der Waals surface area (Å²) >= 11 is 0. The van der Waals surface area contributed by atoms with Crippen molar-refractivity contribution in [2.45, 2.75) is 44.8 Å². The molecule has 2 heteroatoms. The standard InChI is InChI=1S/C16H23NO/c1-12-4-2-3-5-15(12)16(18)11-17(14-8-9-14)10-13-6-7-13/h2-5,13-14,16,18H,6-11H2,1H3. The van der Waals surface area contributed by atoms with Crippen molar-refractivity contribution in [3.8, 4) is 0 Å². The molecule has 3 rings (SSSR count). The predicted octanol–water partition coefficient (Wildman–Crippen LogP) is 2.90. The molecule has 1 atom stereocenters. The molecule has 2 fully saturated rings. The normalized spacial score (nSPS) is 21.3. The lowest BCUT2D eigenvalue weighted by atomic mass is 10.0. The molecule has 2 saturated carbocycles. The third kappa shape index (κ3) is 2.93. The first-order chi connectivity index (χ1) is 8.74. The van der Waals surface area contributed by atoms with Crippen LogP contribution < -0.4 is 0 Å². The molecule has 1 N–H and O–H groups in total. The average Bonchev–Trinajstić information content (AvgIpc) is 3.22. The molecule has 0 radical (unpaired) electrons. The molecule has 2 aliphatic carbocycles. The lowest BCUT2D eigenvalue weighted by Crippen LogP contribution is -2.32. The van der Waals surface area contributed by atoms with Gasteiger partial charge in [0, 0.05) is 19.1 Å². The van der Waals surface area contributed by atoms with Crippen LogP contribution in [-0.4, -0.2) is 29.1 Å². The summed E-state index contributed by atoms with van der Waals surface area (Å²) in [7, 11) is 0. The summed E-state index contributed by atoms with van der Waals surface area (Å²) in [5, 5.41) is 10.4. The summed E-state index contributed by atoms with van der Waals surface area (Å²) in [6.07, 6.45) is 5.11. The number of aliphatic hydroxyl groups excluding tert-OH is 1. The molecular formula is C16H23NO. The molecule has 2 nitrogen and oxygen atoms in total. The molecule has 1 aromatic carbocycles. The maximum Gasteiger partial charge on any atom is 0.0919 e.